The molecular formula is C8H6N2O5S2. The zero-order valence-electron chi connectivity index (χ0n) is 8.09. The fourth-order valence-corrected chi connectivity index (χ4v) is 2.18. The Kier molecular flexibility index (Phi) is 2.53. The highest BCUT2D eigenvalue weighted by Crippen LogP contribution is 2.21. The van der Waals surface area contributed by atoms with E-state index in [9.17, 15) is 13.2 Å². The molecular weight excluding hydrogens is 268 g/mol. The van der Waals surface area contributed by atoms with E-state index in [4.69, 9.17) is 21.9 Å². The van der Waals surface area contributed by atoms with Gasteiger partial charge in [-0.15, -0.1) is 0 Å². The maximum absolute atomic E-state index is 11.0. The third-order valence-electron chi connectivity index (χ3n) is 2.13. The second kappa shape index (κ2) is 3.65. The number of hydrogen-bond acceptors (Lipinski definition) is 4. The molecule has 0 amide bonds. The van der Waals surface area contributed by atoms with Crippen LogP contribution in [-0.4, -0.2) is 34.0 Å². The van der Waals surface area contributed by atoms with Crippen LogP contribution in [-0.2, 0) is 10.1 Å². The molecule has 7 nitrogen and oxygen atoms in total. The lowest BCUT2D eigenvalue weighted by molar-refractivity contribution is 0.0698. The van der Waals surface area contributed by atoms with Crippen LogP contribution in [0.4, 0.5) is 0 Å². The smallest absolute Gasteiger partial charge is 0.337 e. The number of aromatic nitrogens is 2. The largest absolute Gasteiger partial charge is 0.478 e. The highest BCUT2D eigenvalue weighted by molar-refractivity contribution is 7.85. The van der Waals surface area contributed by atoms with Gasteiger partial charge in [-0.1, -0.05) is 0 Å². The van der Waals surface area contributed by atoms with Crippen molar-refractivity contribution >= 4 is 39.3 Å². The molecule has 0 bridgehead atoms. The van der Waals surface area contributed by atoms with E-state index in [0.29, 0.717) is 0 Å². The number of hydrogen-bond donors (Lipinski definition) is 4. The first-order chi connectivity index (χ1) is 7.79. The summed E-state index contributed by atoms with van der Waals surface area (Å²) in [5.74, 6) is -1.33. The van der Waals surface area contributed by atoms with Crippen molar-refractivity contribution in [2.75, 3.05) is 0 Å². The average Bonchev–Trinajstić information content (AvgIpc) is 2.54. The molecule has 0 aliphatic carbocycles. The topological polar surface area (TPSA) is 123 Å². The number of aromatic carboxylic acids is 1. The summed E-state index contributed by atoms with van der Waals surface area (Å²) in [5.41, 5.74) is 0.0832. The summed E-state index contributed by atoms with van der Waals surface area (Å²) in [6, 6.07) is 1.96. The molecule has 0 aliphatic rings. The summed E-state index contributed by atoms with van der Waals surface area (Å²) in [4.78, 5) is 15.6. The first-order valence-corrected chi connectivity index (χ1v) is 6.10. The van der Waals surface area contributed by atoms with Crippen molar-refractivity contribution in [1.82, 2.24) is 9.97 Å². The number of imidazole rings is 1. The Morgan fingerprint density at radius 1 is 1.29 bits per heavy atom. The van der Waals surface area contributed by atoms with E-state index in [2.05, 4.69) is 9.97 Å². The maximum Gasteiger partial charge on any atom is 0.337 e. The fourth-order valence-electron chi connectivity index (χ4n) is 1.43. The van der Waals surface area contributed by atoms with Gasteiger partial charge >= 0.3 is 5.97 Å². The lowest BCUT2D eigenvalue weighted by atomic mass is 10.2. The van der Waals surface area contributed by atoms with Crippen LogP contribution in [0, 0.1) is 4.77 Å². The van der Waals surface area contributed by atoms with Crippen molar-refractivity contribution in [3.05, 3.63) is 22.5 Å². The van der Waals surface area contributed by atoms with E-state index < -0.39 is 21.0 Å². The molecule has 90 valence electrons. The van der Waals surface area contributed by atoms with Gasteiger partial charge in [-0.2, -0.15) is 8.42 Å². The first-order valence-electron chi connectivity index (χ1n) is 4.26. The lowest BCUT2D eigenvalue weighted by Crippen LogP contribution is -2.03. The molecule has 9 heteroatoms. The molecule has 0 unspecified atom stereocenters. The third kappa shape index (κ3) is 2.07. The molecule has 0 aliphatic heterocycles. The van der Waals surface area contributed by atoms with E-state index >= 15 is 0 Å². The molecule has 0 saturated heterocycles. The van der Waals surface area contributed by atoms with Crippen molar-refractivity contribution < 1.29 is 22.9 Å². The van der Waals surface area contributed by atoms with Crippen molar-refractivity contribution in [1.29, 1.82) is 0 Å². The van der Waals surface area contributed by atoms with Crippen molar-refractivity contribution in [2.45, 2.75) is 4.90 Å². The zero-order chi connectivity index (χ0) is 12.8. The second-order valence-corrected chi connectivity index (χ2v) is 5.08. The molecule has 0 radical (unpaired) electrons. The second-order valence-electron chi connectivity index (χ2n) is 3.25. The minimum atomic E-state index is -4.47. The highest BCUT2D eigenvalue weighted by atomic mass is 32.2. The normalized spacial score (nSPS) is 11.8. The van der Waals surface area contributed by atoms with Crippen LogP contribution in [0.5, 0.6) is 0 Å². The van der Waals surface area contributed by atoms with Gasteiger partial charge in [0.05, 0.1) is 21.5 Å². The number of H-pyrrole nitrogens is 2. The lowest BCUT2D eigenvalue weighted by Gasteiger charge is -2.01. The monoisotopic (exact) mass is 274 g/mol. The van der Waals surface area contributed by atoms with Gasteiger partial charge < -0.3 is 15.1 Å². The van der Waals surface area contributed by atoms with Crippen LogP contribution >= 0.6 is 12.2 Å². The number of rotatable bonds is 2. The predicted molar refractivity (Wildman–Crippen MR) is 60.3 cm³/mol. The zero-order valence-corrected chi connectivity index (χ0v) is 9.72. The Morgan fingerprint density at radius 3 is 2.47 bits per heavy atom. The summed E-state index contributed by atoms with van der Waals surface area (Å²) in [7, 11) is -4.47. The van der Waals surface area contributed by atoms with Crippen LogP contribution in [0.15, 0.2) is 17.0 Å². The van der Waals surface area contributed by atoms with Gasteiger partial charge in [0.15, 0.2) is 4.77 Å². The molecule has 4 N–H and O–H groups in total. The maximum atomic E-state index is 11.0. The molecule has 2 aromatic rings. The summed E-state index contributed by atoms with van der Waals surface area (Å²) >= 11 is 4.78. The summed E-state index contributed by atoms with van der Waals surface area (Å²) in [6.07, 6.45) is 0. The minimum Gasteiger partial charge on any atom is -0.478 e. The molecule has 0 atom stereocenters. The Labute approximate surface area is 99.8 Å². The van der Waals surface area contributed by atoms with Gasteiger partial charge in [-0.05, 0) is 24.4 Å². The van der Waals surface area contributed by atoms with E-state index in [0.717, 1.165) is 12.1 Å². The van der Waals surface area contributed by atoms with Crippen LogP contribution in [0.3, 0.4) is 0 Å². The molecule has 0 fully saturated rings. The van der Waals surface area contributed by atoms with Crippen LogP contribution in [0.25, 0.3) is 11.0 Å². The molecule has 17 heavy (non-hydrogen) atoms. The van der Waals surface area contributed by atoms with E-state index in [1.54, 1.807) is 0 Å². The van der Waals surface area contributed by atoms with Gasteiger partial charge in [0.25, 0.3) is 10.1 Å². The molecule has 1 aromatic heterocycles. The Hall–Kier alpha value is -1.71. The molecule has 0 saturated carbocycles. The van der Waals surface area contributed by atoms with Crippen molar-refractivity contribution in [2.24, 2.45) is 0 Å². The molecule has 0 spiro atoms. The Balaban J connectivity index is 2.94. The number of nitrogens with one attached hydrogen (secondary N) is 2. The van der Waals surface area contributed by atoms with E-state index in [1.165, 1.54) is 0 Å². The number of fused-ring (bicyclic) bond motifs is 1. The number of carboxylic acids is 1. The Morgan fingerprint density at radius 2 is 1.94 bits per heavy atom. The Bertz CT molecular complexity index is 771. The van der Waals surface area contributed by atoms with Crippen LogP contribution in [0.2, 0.25) is 0 Å². The quantitative estimate of drug-likeness (QED) is 0.481. The first kappa shape index (κ1) is 11.8. The van der Waals surface area contributed by atoms with Crippen molar-refractivity contribution in [3.63, 3.8) is 0 Å². The number of aromatic amines is 2. The average molecular weight is 274 g/mol. The van der Waals surface area contributed by atoms with E-state index in [1.807, 2.05) is 0 Å². The molecule has 2 rings (SSSR count). The van der Waals surface area contributed by atoms with Gasteiger partial charge in [0.2, 0.25) is 0 Å². The minimum absolute atomic E-state index is 0.162. The summed E-state index contributed by atoms with van der Waals surface area (Å²) < 4.78 is 31.0. The van der Waals surface area contributed by atoms with Gasteiger partial charge in [-0.25, -0.2) is 4.79 Å². The third-order valence-corrected chi connectivity index (χ3v) is 3.16. The van der Waals surface area contributed by atoms with Crippen molar-refractivity contribution in [3.8, 4) is 0 Å². The van der Waals surface area contributed by atoms with Gasteiger partial charge in [0, 0.05) is 0 Å². The highest BCUT2D eigenvalue weighted by Gasteiger charge is 2.18. The molecule has 1 heterocycles. The van der Waals surface area contributed by atoms with Gasteiger partial charge in [0.1, 0.15) is 0 Å². The summed E-state index contributed by atoms with van der Waals surface area (Å²) in [6.45, 7) is 0. The fraction of sp³-hybridized carbons (Fsp3) is 0. The number of benzene rings is 1. The number of carbonyl (C=O) groups is 1. The standard InChI is InChI=1S/C8H6N2O5S2/c11-7(12)4-1-3(17(13,14)15)2-5-6(4)10-8(16)9-5/h1-2H,(H,11,12)(H2,9,10,16)(H,13,14,15). The molecule has 1 aromatic carbocycles. The predicted octanol–water partition coefficient (Wildman–Crippen LogP) is 1.17. The summed E-state index contributed by atoms with van der Waals surface area (Å²) in [5, 5.41) is 8.94. The van der Waals surface area contributed by atoms with E-state index in [-0.39, 0.29) is 21.4 Å². The SMILES string of the molecule is O=C(O)c1cc(S(=O)(=O)O)cc2[nH]c(=S)[nH]c12. The van der Waals surface area contributed by atoms with Crippen LogP contribution < -0.4 is 0 Å². The van der Waals surface area contributed by atoms with Gasteiger partial charge in [-0.3, -0.25) is 4.55 Å². The number of carboxylic acid groups (broad SMARTS) is 1. The van der Waals surface area contributed by atoms with Crippen LogP contribution in [0.1, 0.15) is 10.4 Å².